The Morgan fingerprint density at radius 3 is 2.54 bits per heavy atom. The number of nitrogens with one attached hydrogen (secondary N) is 1. The van der Waals surface area contributed by atoms with Crippen LogP contribution in [0.2, 0.25) is 0 Å². The van der Waals surface area contributed by atoms with Crippen LogP contribution in [-0.2, 0) is 0 Å². The summed E-state index contributed by atoms with van der Waals surface area (Å²) >= 11 is 0. The van der Waals surface area contributed by atoms with E-state index >= 15 is 0 Å². The third kappa shape index (κ3) is 2.20. The highest BCUT2D eigenvalue weighted by atomic mass is 16.3. The predicted octanol–water partition coefficient (Wildman–Crippen LogP) is 0.897. The quantitative estimate of drug-likeness (QED) is 0.667. The van der Waals surface area contributed by atoms with E-state index in [1.165, 1.54) is 0 Å². The maximum Gasteiger partial charge on any atom is 0.0803 e. The summed E-state index contributed by atoms with van der Waals surface area (Å²) < 4.78 is 0. The second-order valence-electron chi connectivity index (χ2n) is 4.10. The van der Waals surface area contributed by atoms with Crippen molar-refractivity contribution < 1.29 is 5.11 Å². The van der Waals surface area contributed by atoms with Gasteiger partial charge in [-0.3, -0.25) is 0 Å². The lowest BCUT2D eigenvalue weighted by Gasteiger charge is -2.37. The Balaban J connectivity index is 2.62. The summed E-state index contributed by atoms with van der Waals surface area (Å²) in [5.41, 5.74) is -0.823. The van der Waals surface area contributed by atoms with Gasteiger partial charge in [-0.15, -0.1) is 0 Å². The number of aliphatic hydroxyl groups is 1. The lowest BCUT2D eigenvalue weighted by atomic mass is 9.75. The molecule has 0 bridgehead atoms. The zero-order valence-electron chi connectivity index (χ0n) is 8.38. The van der Waals surface area contributed by atoms with Crippen LogP contribution in [0.15, 0.2) is 0 Å². The molecule has 1 fully saturated rings. The van der Waals surface area contributed by atoms with Gasteiger partial charge in [0.1, 0.15) is 0 Å². The Bertz CT molecular complexity index is 201. The van der Waals surface area contributed by atoms with Gasteiger partial charge >= 0.3 is 0 Å². The molecular weight excluding hydrogens is 164 g/mol. The summed E-state index contributed by atoms with van der Waals surface area (Å²) in [6, 6.07) is 2.13. The van der Waals surface area contributed by atoms with Gasteiger partial charge in [0, 0.05) is 0 Å². The van der Waals surface area contributed by atoms with E-state index in [9.17, 15) is 5.11 Å². The minimum atomic E-state index is -0.823. The molecule has 1 rings (SSSR count). The summed E-state index contributed by atoms with van der Waals surface area (Å²) in [4.78, 5) is 0. The van der Waals surface area contributed by atoms with Crippen LogP contribution in [0.4, 0.5) is 0 Å². The van der Waals surface area contributed by atoms with Crippen molar-refractivity contribution in [1.82, 2.24) is 5.32 Å². The molecule has 2 atom stereocenters. The molecule has 0 aromatic heterocycles. The topological polar surface area (TPSA) is 56.0 Å². The molecule has 13 heavy (non-hydrogen) atoms. The van der Waals surface area contributed by atoms with Crippen molar-refractivity contribution in [2.24, 2.45) is 11.8 Å². The van der Waals surface area contributed by atoms with Crippen molar-refractivity contribution in [2.75, 3.05) is 13.1 Å². The fourth-order valence-corrected chi connectivity index (χ4v) is 1.89. The highest BCUT2D eigenvalue weighted by Gasteiger charge is 2.37. The monoisotopic (exact) mass is 182 g/mol. The molecule has 1 heterocycles. The van der Waals surface area contributed by atoms with Gasteiger partial charge in [0.05, 0.1) is 17.6 Å². The molecular formula is C10H18N2O. The molecule has 0 spiro atoms. The summed E-state index contributed by atoms with van der Waals surface area (Å²) in [7, 11) is 0. The largest absolute Gasteiger partial charge is 0.389 e. The summed E-state index contributed by atoms with van der Waals surface area (Å²) in [5, 5.41) is 22.2. The van der Waals surface area contributed by atoms with Crippen molar-refractivity contribution in [2.45, 2.75) is 32.3 Å². The highest BCUT2D eigenvalue weighted by Crippen LogP contribution is 2.31. The maximum absolute atomic E-state index is 10.2. The van der Waals surface area contributed by atoms with Gasteiger partial charge in [-0.05, 0) is 45.7 Å². The van der Waals surface area contributed by atoms with Gasteiger partial charge in [0.15, 0.2) is 0 Å². The minimum absolute atomic E-state index is 0.267. The first kappa shape index (κ1) is 10.5. The van der Waals surface area contributed by atoms with E-state index in [4.69, 9.17) is 5.26 Å². The van der Waals surface area contributed by atoms with Gasteiger partial charge in [-0.1, -0.05) is 0 Å². The Kier molecular flexibility index (Phi) is 3.29. The number of nitriles is 1. The Morgan fingerprint density at radius 2 is 2.08 bits per heavy atom. The van der Waals surface area contributed by atoms with Crippen molar-refractivity contribution in [3.8, 4) is 6.07 Å². The molecule has 0 aromatic rings. The molecule has 2 N–H and O–H groups in total. The number of nitrogens with zero attached hydrogens (tertiary/aromatic N) is 1. The normalized spacial score (nSPS) is 26.0. The summed E-state index contributed by atoms with van der Waals surface area (Å²) in [5.74, 6) is -0.0148. The summed E-state index contributed by atoms with van der Waals surface area (Å²) in [6.07, 6.45) is 1.94. The van der Waals surface area contributed by atoms with Crippen LogP contribution < -0.4 is 5.32 Å². The van der Waals surface area contributed by atoms with Crippen LogP contribution in [0.3, 0.4) is 0 Å². The number of piperidine rings is 1. The fourth-order valence-electron chi connectivity index (χ4n) is 1.89. The predicted molar refractivity (Wildman–Crippen MR) is 51.0 cm³/mol. The Labute approximate surface area is 79.8 Å². The van der Waals surface area contributed by atoms with Crippen LogP contribution in [-0.4, -0.2) is 23.8 Å². The zero-order valence-corrected chi connectivity index (χ0v) is 8.38. The van der Waals surface area contributed by atoms with Crippen molar-refractivity contribution in [1.29, 1.82) is 5.26 Å². The first-order valence-electron chi connectivity index (χ1n) is 4.91. The van der Waals surface area contributed by atoms with Crippen LogP contribution >= 0.6 is 0 Å². The van der Waals surface area contributed by atoms with Crippen LogP contribution in [0.25, 0.3) is 0 Å². The molecule has 74 valence electrons. The Morgan fingerprint density at radius 1 is 1.54 bits per heavy atom. The van der Waals surface area contributed by atoms with Gasteiger partial charge in [0.25, 0.3) is 0 Å². The molecule has 0 radical (unpaired) electrons. The van der Waals surface area contributed by atoms with E-state index in [0.29, 0.717) is 0 Å². The van der Waals surface area contributed by atoms with Crippen LogP contribution in [0.1, 0.15) is 26.7 Å². The van der Waals surface area contributed by atoms with E-state index in [0.717, 1.165) is 25.9 Å². The molecule has 0 aromatic carbocycles. The van der Waals surface area contributed by atoms with E-state index in [1.54, 1.807) is 13.8 Å². The zero-order chi connectivity index (χ0) is 9.90. The molecule has 0 aliphatic carbocycles. The van der Waals surface area contributed by atoms with Crippen LogP contribution in [0.5, 0.6) is 0 Å². The fraction of sp³-hybridized carbons (Fsp3) is 0.900. The van der Waals surface area contributed by atoms with Crippen LogP contribution in [0, 0.1) is 23.2 Å². The van der Waals surface area contributed by atoms with Crippen molar-refractivity contribution >= 4 is 0 Å². The highest BCUT2D eigenvalue weighted by molar-refractivity contribution is 4.98. The van der Waals surface area contributed by atoms with Crippen molar-refractivity contribution in [3.63, 3.8) is 0 Å². The lowest BCUT2D eigenvalue weighted by Crippen LogP contribution is -2.45. The lowest BCUT2D eigenvalue weighted by molar-refractivity contribution is -0.0408. The SMILES string of the molecule is CC(C#N)C(C)(O)C1CCNCC1. The first-order chi connectivity index (χ1) is 6.09. The number of hydrogen-bond acceptors (Lipinski definition) is 3. The third-order valence-electron chi connectivity index (χ3n) is 3.24. The average Bonchev–Trinajstić information content (AvgIpc) is 2.18. The van der Waals surface area contributed by atoms with Gasteiger partial charge in [-0.25, -0.2) is 0 Å². The molecule has 1 aliphatic rings. The van der Waals surface area contributed by atoms with Gasteiger partial charge < -0.3 is 10.4 Å². The van der Waals surface area contributed by atoms with E-state index in [-0.39, 0.29) is 11.8 Å². The minimum Gasteiger partial charge on any atom is -0.389 e. The molecule has 3 heteroatoms. The third-order valence-corrected chi connectivity index (χ3v) is 3.24. The van der Waals surface area contributed by atoms with E-state index in [2.05, 4.69) is 11.4 Å². The van der Waals surface area contributed by atoms with E-state index < -0.39 is 5.60 Å². The molecule has 1 saturated heterocycles. The summed E-state index contributed by atoms with van der Waals surface area (Å²) in [6.45, 7) is 5.50. The van der Waals surface area contributed by atoms with Gasteiger partial charge in [0.2, 0.25) is 0 Å². The van der Waals surface area contributed by atoms with Crippen molar-refractivity contribution in [3.05, 3.63) is 0 Å². The molecule has 3 nitrogen and oxygen atoms in total. The molecule has 2 unspecified atom stereocenters. The second kappa shape index (κ2) is 4.08. The van der Waals surface area contributed by atoms with E-state index in [1.807, 2.05) is 0 Å². The molecule has 1 aliphatic heterocycles. The first-order valence-corrected chi connectivity index (χ1v) is 4.91. The average molecular weight is 182 g/mol. The number of rotatable bonds is 2. The van der Waals surface area contributed by atoms with Gasteiger partial charge in [-0.2, -0.15) is 5.26 Å². The standard InChI is InChI=1S/C10H18N2O/c1-8(7-11)10(2,13)9-3-5-12-6-4-9/h8-9,12-13H,3-6H2,1-2H3. The maximum atomic E-state index is 10.2. The molecule has 0 saturated carbocycles. The number of hydrogen-bond donors (Lipinski definition) is 2. The Hall–Kier alpha value is -0.590. The molecule has 0 amide bonds. The second-order valence-corrected chi connectivity index (χ2v) is 4.10. The smallest absolute Gasteiger partial charge is 0.0803 e.